The molecule has 0 unspecified atom stereocenters. The van der Waals surface area contributed by atoms with Crippen LogP contribution in [0.15, 0.2) is 97.1 Å². The minimum atomic E-state index is -0.540. The van der Waals surface area contributed by atoms with Gasteiger partial charge in [0.15, 0.2) is 6.61 Å². The topological polar surface area (TPSA) is 46.6 Å². The Morgan fingerprint density at radius 3 is 1.72 bits per heavy atom. The van der Waals surface area contributed by atoms with Crippen molar-refractivity contribution in [2.24, 2.45) is 0 Å². The summed E-state index contributed by atoms with van der Waals surface area (Å²) in [6, 6.07) is 29.0. The van der Waals surface area contributed by atoms with Crippen molar-refractivity contribution in [1.29, 1.82) is 0 Å². The van der Waals surface area contributed by atoms with Gasteiger partial charge >= 0.3 is 5.97 Å². The quantitative estimate of drug-likeness (QED) is 0.424. The van der Waals surface area contributed by atoms with E-state index in [1.807, 2.05) is 91.0 Å². The van der Waals surface area contributed by atoms with E-state index in [-0.39, 0.29) is 12.5 Å². The molecule has 0 aliphatic rings. The predicted octanol–water partition coefficient (Wildman–Crippen LogP) is 4.47. The van der Waals surface area contributed by atoms with Crippen molar-refractivity contribution in [3.8, 4) is 0 Å². The molecule has 0 saturated carbocycles. The predicted molar refractivity (Wildman–Crippen MR) is 114 cm³/mol. The number of hydrogen-bond acceptors (Lipinski definition) is 3. The van der Waals surface area contributed by atoms with E-state index in [2.05, 4.69) is 0 Å². The minimum Gasteiger partial charge on any atom is -0.452 e. The van der Waals surface area contributed by atoms with Crippen LogP contribution in [-0.2, 0) is 27.4 Å². The van der Waals surface area contributed by atoms with Crippen LogP contribution in [0, 0.1) is 0 Å². The molecule has 0 aliphatic carbocycles. The van der Waals surface area contributed by atoms with Gasteiger partial charge in [-0.05, 0) is 22.8 Å². The number of carbonyl (C=O) groups excluding carboxylic acids is 2. The van der Waals surface area contributed by atoms with Crippen LogP contribution >= 0.6 is 0 Å². The first-order valence-electron chi connectivity index (χ1n) is 9.46. The van der Waals surface area contributed by atoms with Gasteiger partial charge in [0.2, 0.25) is 0 Å². The second kappa shape index (κ2) is 10.6. The van der Waals surface area contributed by atoms with Crippen LogP contribution in [0.4, 0.5) is 0 Å². The largest absolute Gasteiger partial charge is 0.452 e. The van der Waals surface area contributed by atoms with Crippen molar-refractivity contribution >= 4 is 18.0 Å². The Labute approximate surface area is 171 Å². The molecule has 4 heteroatoms. The van der Waals surface area contributed by atoms with Gasteiger partial charge in [-0.3, -0.25) is 4.79 Å². The highest BCUT2D eigenvalue weighted by atomic mass is 16.5. The first-order valence-corrected chi connectivity index (χ1v) is 9.46. The van der Waals surface area contributed by atoms with Crippen molar-refractivity contribution in [2.75, 3.05) is 6.61 Å². The smallest absolute Gasteiger partial charge is 0.331 e. The SMILES string of the molecule is O=C(/C=C/c1ccccc1)OCC(=O)N(Cc1ccccc1)Cc1ccccc1. The van der Waals surface area contributed by atoms with Gasteiger partial charge in [0.25, 0.3) is 5.91 Å². The molecule has 3 aromatic carbocycles. The van der Waals surface area contributed by atoms with Gasteiger partial charge in [0, 0.05) is 19.2 Å². The molecule has 0 fully saturated rings. The molecule has 0 saturated heterocycles. The van der Waals surface area contributed by atoms with Crippen LogP contribution in [0.1, 0.15) is 16.7 Å². The summed E-state index contributed by atoms with van der Waals surface area (Å²) in [5.41, 5.74) is 2.93. The second-order valence-electron chi connectivity index (χ2n) is 6.57. The van der Waals surface area contributed by atoms with E-state index in [0.717, 1.165) is 16.7 Å². The summed E-state index contributed by atoms with van der Waals surface area (Å²) in [5, 5.41) is 0. The Bertz CT molecular complexity index is 896. The summed E-state index contributed by atoms with van der Waals surface area (Å²) < 4.78 is 5.16. The molecule has 0 radical (unpaired) electrons. The van der Waals surface area contributed by atoms with Gasteiger partial charge in [-0.15, -0.1) is 0 Å². The molecule has 146 valence electrons. The van der Waals surface area contributed by atoms with Crippen LogP contribution in [0.25, 0.3) is 6.08 Å². The summed E-state index contributed by atoms with van der Waals surface area (Å²) >= 11 is 0. The molecule has 1 amide bonds. The van der Waals surface area contributed by atoms with Crippen LogP contribution in [0.5, 0.6) is 0 Å². The summed E-state index contributed by atoms with van der Waals surface area (Å²) in [6.45, 7) is 0.607. The lowest BCUT2D eigenvalue weighted by Gasteiger charge is -2.23. The monoisotopic (exact) mass is 385 g/mol. The van der Waals surface area contributed by atoms with Gasteiger partial charge in [-0.25, -0.2) is 4.79 Å². The molecular weight excluding hydrogens is 362 g/mol. The average Bonchev–Trinajstić information content (AvgIpc) is 2.78. The normalized spacial score (nSPS) is 10.6. The molecular formula is C25H23NO3. The number of ether oxygens (including phenoxy) is 1. The van der Waals surface area contributed by atoms with E-state index < -0.39 is 5.97 Å². The molecule has 0 spiro atoms. The Morgan fingerprint density at radius 1 is 0.724 bits per heavy atom. The maximum atomic E-state index is 12.8. The van der Waals surface area contributed by atoms with E-state index >= 15 is 0 Å². The van der Waals surface area contributed by atoms with Crippen molar-refractivity contribution in [1.82, 2.24) is 4.90 Å². The van der Waals surface area contributed by atoms with Crippen molar-refractivity contribution in [3.05, 3.63) is 114 Å². The first-order chi connectivity index (χ1) is 14.2. The Hall–Kier alpha value is -3.66. The molecule has 0 N–H and O–H groups in total. The van der Waals surface area contributed by atoms with Crippen molar-refractivity contribution < 1.29 is 14.3 Å². The number of nitrogens with zero attached hydrogens (tertiary/aromatic N) is 1. The maximum absolute atomic E-state index is 12.8. The number of hydrogen-bond donors (Lipinski definition) is 0. The fourth-order valence-electron chi connectivity index (χ4n) is 2.84. The van der Waals surface area contributed by atoms with E-state index in [0.29, 0.717) is 13.1 Å². The zero-order valence-electron chi connectivity index (χ0n) is 16.1. The average molecular weight is 385 g/mol. The molecule has 0 aromatic heterocycles. The first kappa shape index (κ1) is 20.1. The number of rotatable bonds is 8. The lowest BCUT2D eigenvalue weighted by Crippen LogP contribution is -2.33. The lowest BCUT2D eigenvalue weighted by atomic mass is 10.1. The summed E-state index contributed by atoms with van der Waals surface area (Å²) in [7, 11) is 0. The van der Waals surface area contributed by atoms with E-state index in [9.17, 15) is 9.59 Å². The van der Waals surface area contributed by atoms with Gasteiger partial charge in [0.05, 0.1) is 0 Å². The number of amides is 1. The maximum Gasteiger partial charge on any atom is 0.331 e. The molecule has 0 bridgehead atoms. The minimum absolute atomic E-state index is 0.237. The standard InChI is InChI=1S/C25H23NO3/c27-24(20-29-25(28)17-16-21-10-4-1-5-11-21)26(18-22-12-6-2-7-13-22)19-23-14-8-3-9-15-23/h1-17H,18-20H2/b17-16+. The van der Waals surface area contributed by atoms with Gasteiger partial charge in [-0.2, -0.15) is 0 Å². The molecule has 3 rings (SSSR count). The molecule has 0 heterocycles. The molecule has 29 heavy (non-hydrogen) atoms. The summed E-state index contributed by atoms with van der Waals surface area (Å²) in [6.07, 6.45) is 3.00. The molecule has 0 aliphatic heterocycles. The third-order valence-corrected chi connectivity index (χ3v) is 4.33. The number of esters is 1. The van der Waals surface area contributed by atoms with Crippen LogP contribution in [0.2, 0.25) is 0 Å². The van der Waals surface area contributed by atoms with Crippen LogP contribution < -0.4 is 0 Å². The third kappa shape index (κ3) is 6.78. The number of benzene rings is 3. The van der Waals surface area contributed by atoms with Crippen molar-refractivity contribution in [2.45, 2.75) is 13.1 Å². The summed E-state index contributed by atoms with van der Waals surface area (Å²) in [4.78, 5) is 26.4. The van der Waals surface area contributed by atoms with Crippen LogP contribution in [-0.4, -0.2) is 23.4 Å². The zero-order chi connectivity index (χ0) is 20.3. The number of carbonyl (C=O) groups is 2. The highest BCUT2D eigenvalue weighted by Crippen LogP contribution is 2.11. The van der Waals surface area contributed by atoms with Gasteiger partial charge in [0.1, 0.15) is 0 Å². The van der Waals surface area contributed by atoms with E-state index in [1.165, 1.54) is 6.08 Å². The molecule has 3 aromatic rings. The lowest BCUT2D eigenvalue weighted by molar-refractivity contribution is -0.148. The van der Waals surface area contributed by atoms with Crippen molar-refractivity contribution in [3.63, 3.8) is 0 Å². The van der Waals surface area contributed by atoms with Gasteiger partial charge in [-0.1, -0.05) is 91.0 Å². The molecule has 4 nitrogen and oxygen atoms in total. The van der Waals surface area contributed by atoms with Gasteiger partial charge < -0.3 is 9.64 Å². The summed E-state index contributed by atoms with van der Waals surface area (Å²) in [5.74, 6) is -0.777. The third-order valence-electron chi connectivity index (χ3n) is 4.33. The molecule has 0 atom stereocenters. The fraction of sp³-hybridized carbons (Fsp3) is 0.120. The van der Waals surface area contributed by atoms with E-state index in [1.54, 1.807) is 11.0 Å². The van der Waals surface area contributed by atoms with E-state index in [4.69, 9.17) is 4.74 Å². The highest BCUT2D eigenvalue weighted by molar-refractivity contribution is 5.89. The highest BCUT2D eigenvalue weighted by Gasteiger charge is 2.16. The Kier molecular flexibility index (Phi) is 7.35. The Balaban J connectivity index is 1.61. The van der Waals surface area contributed by atoms with Crippen LogP contribution in [0.3, 0.4) is 0 Å². The second-order valence-corrected chi connectivity index (χ2v) is 6.57. The Morgan fingerprint density at radius 2 is 1.21 bits per heavy atom. The fourth-order valence-corrected chi connectivity index (χ4v) is 2.84. The zero-order valence-corrected chi connectivity index (χ0v) is 16.1.